The van der Waals surface area contributed by atoms with E-state index in [1.807, 2.05) is 30.3 Å². The van der Waals surface area contributed by atoms with Gasteiger partial charge in [-0.15, -0.1) is 0 Å². The van der Waals surface area contributed by atoms with E-state index in [1.165, 1.54) is 16.8 Å². The van der Waals surface area contributed by atoms with Crippen molar-refractivity contribution in [3.05, 3.63) is 109 Å². The number of hydrogen-bond donors (Lipinski definition) is 1. The van der Waals surface area contributed by atoms with Gasteiger partial charge < -0.3 is 10.1 Å². The van der Waals surface area contributed by atoms with Gasteiger partial charge in [0.25, 0.3) is 5.91 Å². The number of ether oxygens (including phenoxy) is 1. The van der Waals surface area contributed by atoms with Crippen LogP contribution in [0.15, 0.2) is 84.4 Å². The van der Waals surface area contributed by atoms with Crippen LogP contribution in [0.1, 0.15) is 11.1 Å². The van der Waals surface area contributed by atoms with Gasteiger partial charge in [0.15, 0.2) is 0 Å². The first-order valence-corrected chi connectivity index (χ1v) is 12.1. The van der Waals surface area contributed by atoms with E-state index in [2.05, 4.69) is 58.2 Å². The maximum atomic E-state index is 12.6. The summed E-state index contributed by atoms with van der Waals surface area (Å²) in [5.41, 5.74) is 2.05. The molecule has 0 atom stereocenters. The Morgan fingerprint density at radius 2 is 1.79 bits per heavy atom. The lowest BCUT2D eigenvalue weighted by molar-refractivity contribution is -0.112. The molecular weight excluding hydrogens is 582 g/mol. The second kappa shape index (κ2) is 10.9. The zero-order valence-corrected chi connectivity index (χ0v) is 21.4. The third-order valence-electron chi connectivity index (χ3n) is 5.04. The Kier molecular flexibility index (Phi) is 7.73. The average molecular weight is 599 g/mol. The summed E-state index contributed by atoms with van der Waals surface area (Å²) in [6.07, 6.45) is 1.52. The summed E-state index contributed by atoms with van der Waals surface area (Å²) in [7, 11) is 0. The maximum absolute atomic E-state index is 12.6. The molecule has 0 bridgehead atoms. The van der Waals surface area contributed by atoms with Gasteiger partial charge in [0.2, 0.25) is 0 Å². The van der Waals surface area contributed by atoms with Crippen LogP contribution in [0.4, 0.5) is 5.69 Å². The van der Waals surface area contributed by atoms with Crippen molar-refractivity contribution in [2.75, 3.05) is 5.32 Å². The highest BCUT2D eigenvalue weighted by molar-refractivity contribution is 14.1. The standard InChI is InChI=1S/C27H17Cl2IN2O2/c28-22-6-3-7-24(26(22)29)32-27(33)21(15-31)12-17-9-11-25(23(30)14-17)34-16-18-8-10-19-4-1-2-5-20(19)13-18/h1-14H,16H2,(H,32,33)/b21-12-. The van der Waals surface area contributed by atoms with Crippen molar-refractivity contribution in [3.63, 3.8) is 0 Å². The molecule has 4 nitrogen and oxygen atoms in total. The molecule has 0 aliphatic heterocycles. The molecule has 1 N–H and O–H groups in total. The van der Waals surface area contributed by atoms with Crippen LogP contribution < -0.4 is 10.1 Å². The van der Waals surface area contributed by atoms with E-state index in [1.54, 1.807) is 24.3 Å². The van der Waals surface area contributed by atoms with E-state index in [0.29, 0.717) is 22.9 Å². The Labute approximate surface area is 220 Å². The average Bonchev–Trinajstić information content (AvgIpc) is 2.84. The zero-order valence-electron chi connectivity index (χ0n) is 17.7. The molecule has 0 unspecified atom stereocenters. The minimum absolute atomic E-state index is 0.0586. The fourth-order valence-electron chi connectivity index (χ4n) is 3.32. The molecule has 0 aromatic heterocycles. The SMILES string of the molecule is N#C/C(=C/c1ccc(OCc2ccc3ccccc3c2)c(I)c1)C(=O)Nc1cccc(Cl)c1Cl. The predicted molar refractivity (Wildman–Crippen MR) is 146 cm³/mol. The van der Waals surface area contributed by atoms with Crippen LogP contribution in [0.3, 0.4) is 0 Å². The van der Waals surface area contributed by atoms with E-state index in [0.717, 1.165) is 14.9 Å². The smallest absolute Gasteiger partial charge is 0.266 e. The summed E-state index contributed by atoms with van der Waals surface area (Å²) in [5, 5.41) is 15.0. The number of halogens is 3. The van der Waals surface area contributed by atoms with Crippen LogP contribution in [-0.2, 0) is 11.4 Å². The van der Waals surface area contributed by atoms with Gasteiger partial charge in [-0.2, -0.15) is 5.26 Å². The van der Waals surface area contributed by atoms with Crippen LogP contribution in [0.5, 0.6) is 5.75 Å². The second-order valence-corrected chi connectivity index (χ2v) is 9.33. The number of rotatable bonds is 6. The van der Waals surface area contributed by atoms with Crippen molar-refractivity contribution in [3.8, 4) is 11.8 Å². The van der Waals surface area contributed by atoms with Crippen LogP contribution in [0.25, 0.3) is 16.8 Å². The quantitative estimate of drug-likeness (QED) is 0.139. The highest BCUT2D eigenvalue weighted by atomic mass is 127. The third kappa shape index (κ3) is 5.71. The summed E-state index contributed by atoms with van der Waals surface area (Å²) < 4.78 is 6.87. The van der Waals surface area contributed by atoms with Gasteiger partial charge in [0, 0.05) is 0 Å². The fourth-order valence-corrected chi connectivity index (χ4v) is 4.36. The Hall–Kier alpha value is -3.05. The molecule has 0 radical (unpaired) electrons. The Morgan fingerprint density at radius 3 is 2.56 bits per heavy atom. The van der Waals surface area contributed by atoms with Crippen LogP contribution >= 0.6 is 45.8 Å². The van der Waals surface area contributed by atoms with Crippen LogP contribution in [0.2, 0.25) is 10.0 Å². The molecular formula is C27H17Cl2IN2O2. The van der Waals surface area contributed by atoms with Crippen molar-refractivity contribution in [2.45, 2.75) is 6.61 Å². The second-order valence-electron chi connectivity index (χ2n) is 7.39. The lowest BCUT2D eigenvalue weighted by Gasteiger charge is -2.10. The maximum Gasteiger partial charge on any atom is 0.266 e. The number of fused-ring (bicyclic) bond motifs is 1. The van der Waals surface area contributed by atoms with Crippen molar-refractivity contribution in [1.29, 1.82) is 5.26 Å². The molecule has 0 saturated heterocycles. The first-order valence-electron chi connectivity index (χ1n) is 10.2. The van der Waals surface area contributed by atoms with Crippen LogP contribution in [-0.4, -0.2) is 5.91 Å². The first-order chi connectivity index (χ1) is 16.4. The summed E-state index contributed by atoms with van der Waals surface area (Å²) >= 11 is 14.3. The van der Waals surface area contributed by atoms with E-state index >= 15 is 0 Å². The number of nitrogens with one attached hydrogen (secondary N) is 1. The molecule has 0 spiro atoms. The van der Waals surface area contributed by atoms with Gasteiger partial charge >= 0.3 is 0 Å². The minimum Gasteiger partial charge on any atom is -0.488 e. The topological polar surface area (TPSA) is 62.1 Å². The highest BCUT2D eigenvalue weighted by Gasteiger charge is 2.13. The molecule has 34 heavy (non-hydrogen) atoms. The number of nitrogens with zero attached hydrogens (tertiary/aromatic N) is 1. The number of amides is 1. The van der Waals surface area contributed by atoms with Gasteiger partial charge in [-0.1, -0.05) is 71.7 Å². The molecule has 0 aliphatic rings. The summed E-state index contributed by atoms with van der Waals surface area (Å²) in [4.78, 5) is 12.6. The van der Waals surface area contributed by atoms with Gasteiger partial charge in [-0.05, 0) is 80.9 Å². The number of hydrogen-bond acceptors (Lipinski definition) is 3. The van der Waals surface area contributed by atoms with E-state index in [4.69, 9.17) is 27.9 Å². The molecule has 168 valence electrons. The third-order valence-corrected chi connectivity index (χ3v) is 6.70. The van der Waals surface area contributed by atoms with Crippen molar-refractivity contribution >= 4 is 74.2 Å². The molecule has 4 aromatic rings. The molecule has 4 rings (SSSR count). The van der Waals surface area contributed by atoms with Crippen molar-refractivity contribution in [2.24, 2.45) is 0 Å². The van der Waals surface area contributed by atoms with E-state index in [-0.39, 0.29) is 10.6 Å². The van der Waals surface area contributed by atoms with Crippen LogP contribution in [0, 0.1) is 14.9 Å². The van der Waals surface area contributed by atoms with Crippen molar-refractivity contribution in [1.82, 2.24) is 0 Å². The zero-order chi connectivity index (χ0) is 24.1. The van der Waals surface area contributed by atoms with Gasteiger partial charge in [0.05, 0.1) is 19.3 Å². The molecule has 0 saturated carbocycles. The monoisotopic (exact) mass is 598 g/mol. The van der Waals surface area contributed by atoms with E-state index in [9.17, 15) is 10.1 Å². The first kappa shape index (κ1) is 24.1. The Bertz CT molecular complexity index is 1460. The number of carbonyl (C=O) groups is 1. The van der Waals surface area contributed by atoms with Crippen molar-refractivity contribution < 1.29 is 9.53 Å². The van der Waals surface area contributed by atoms with Gasteiger partial charge in [-0.25, -0.2) is 0 Å². The predicted octanol–water partition coefficient (Wildman–Crippen LogP) is 7.88. The number of benzene rings is 4. The largest absolute Gasteiger partial charge is 0.488 e. The molecule has 1 amide bonds. The lowest BCUT2D eigenvalue weighted by atomic mass is 10.1. The lowest BCUT2D eigenvalue weighted by Crippen LogP contribution is -2.13. The summed E-state index contributed by atoms with van der Waals surface area (Å²) in [5.74, 6) is 0.151. The van der Waals surface area contributed by atoms with Gasteiger partial charge in [0.1, 0.15) is 24.0 Å². The minimum atomic E-state index is -0.571. The summed E-state index contributed by atoms with van der Waals surface area (Å²) in [6.45, 7) is 0.433. The Balaban J connectivity index is 1.47. The molecule has 0 fully saturated rings. The molecule has 0 heterocycles. The normalized spacial score (nSPS) is 11.2. The van der Waals surface area contributed by atoms with E-state index < -0.39 is 5.91 Å². The Morgan fingerprint density at radius 1 is 1.00 bits per heavy atom. The molecule has 4 aromatic carbocycles. The fraction of sp³-hybridized carbons (Fsp3) is 0.0370. The number of anilines is 1. The number of carbonyl (C=O) groups excluding carboxylic acids is 1. The molecule has 7 heteroatoms. The van der Waals surface area contributed by atoms with Gasteiger partial charge in [-0.3, -0.25) is 4.79 Å². The highest BCUT2D eigenvalue weighted by Crippen LogP contribution is 2.30. The number of nitriles is 1. The summed E-state index contributed by atoms with van der Waals surface area (Å²) in [6, 6.07) is 26.8. The molecule has 0 aliphatic carbocycles.